The second-order valence-electron chi connectivity index (χ2n) is 3.19. The van der Waals surface area contributed by atoms with Gasteiger partial charge in [-0.2, -0.15) is 5.26 Å². The Kier molecular flexibility index (Phi) is 2.11. The highest BCUT2D eigenvalue weighted by Crippen LogP contribution is 2.17. The van der Waals surface area contributed by atoms with Crippen LogP contribution in [0.5, 0.6) is 0 Å². The van der Waals surface area contributed by atoms with Gasteiger partial charge in [-0.15, -0.1) is 0 Å². The van der Waals surface area contributed by atoms with Gasteiger partial charge in [0.05, 0.1) is 23.7 Å². The Balaban J connectivity index is 2.58. The molecule has 3 nitrogen and oxygen atoms in total. The molecular weight excluding hydrogens is 174 g/mol. The molecule has 2 aromatic heterocycles. The molecule has 14 heavy (non-hydrogen) atoms. The largest absolute Gasteiger partial charge is 0.262 e. The highest BCUT2D eigenvalue weighted by Gasteiger charge is 2.04. The van der Waals surface area contributed by atoms with Crippen LogP contribution >= 0.6 is 0 Å². The van der Waals surface area contributed by atoms with E-state index in [0.29, 0.717) is 0 Å². The highest BCUT2D eigenvalue weighted by atomic mass is 14.7. The average Bonchev–Trinajstić information content (AvgIpc) is 2.27. The number of pyridine rings is 2. The highest BCUT2D eigenvalue weighted by molar-refractivity contribution is 5.77. The Bertz CT molecular complexity index is 499. The van der Waals surface area contributed by atoms with Crippen LogP contribution in [0.15, 0.2) is 30.7 Å². The minimum absolute atomic E-state index is 0.111. The zero-order valence-electron chi connectivity index (χ0n) is 7.81. The van der Waals surface area contributed by atoms with E-state index in [1.165, 1.54) is 0 Å². The first-order chi connectivity index (χ1) is 6.81. The zero-order chi connectivity index (χ0) is 9.97. The van der Waals surface area contributed by atoms with Gasteiger partial charge >= 0.3 is 0 Å². The summed E-state index contributed by atoms with van der Waals surface area (Å²) in [6.07, 6.45) is 5.18. The maximum atomic E-state index is 8.77. The lowest BCUT2D eigenvalue weighted by Crippen LogP contribution is -1.91. The Hall–Kier alpha value is -1.95. The van der Waals surface area contributed by atoms with E-state index < -0.39 is 0 Å². The fourth-order valence-electron chi connectivity index (χ4n) is 1.30. The topological polar surface area (TPSA) is 49.6 Å². The molecule has 0 amide bonds. The van der Waals surface area contributed by atoms with Crippen molar-refractivity contribution in [1.29, 1.82) is 5.26 Å². The molecule has 0 aliphatic heterocycles. The molecule has 68 valence electrons. The van der Waals surface area contributed by atoms with E-state index in [9.17, 15) is 0 Å². The van der Waals surface area contributed by atoms with Crippen molar-refractivity contribution in [2.45, 2.75) is 12.8 Å². The van der Waals surface area contributed by atoms with Crippen LogP contribution in [0.25, 0.3) is 10.9 Å². The minimum atomic E-state index is -0.111. The van der Waals surface area contributed by atoms with E-state index in [4.69, 9.17) is 5.26 Å². The lowest BCUT2D eigenvalue weighted by Gasteiger charge is -2.03. The summed E-state index contributed by atoms with van der Waals surface area (Å²) in [7, 11) is 0. The first-order valence-electron chi connectivity index (χ1n) is 4.40. The molecule has 2 rings (SSSR count). The quantitative estimate of drug-likeness (QED) is 0.681. The van der Waals surface area contributed by atoms with Crippen molar-refractivity contribution in [3.8, 4) is 6.07 Å². The summed E-state index contributed by atoms with van der Waals surface area (Å²) in [5, 5.41) is 9.80. The lowest BCUT2D eigenvalue weighted by molar-refractivity contribution is 0.973. The van der Waals surface area contributed by atoms with Gasteiger partial charge in [-0.25, -0.2) is 0 Å². The van der Waals surface area contributed by atoms with Crippen molar-refractivity contribution in [2.75, 3.05) is 0 Å². The molecule has 3 heteroatoms. The van der Waals surface area contributed by atoms with Gasteiger partial charge in [-0.05, 0) is 24.6 Å². The third-order valence-corrected chi connectivity index (χ3v) is 2.20. The van der Waals surface area contributed by atoms with Gasteiger partial charge in [-0.1, -0.05) is 0 Å². The molecule has 1 unspecified atom stereocenters. The molecule has 2 aromatic rings. The molecule has 2 heterocycles. The van der Waals surface area contributed by atoms with Gasteiger partial charge in [0.1, 0.15) is 0 Å². The van der Waals surface area contributed by atoms with E-state index in [0.717, 1.165) is 16.5 Å². The predicted molar refractivity (Wildman–Crippen MR) is 53.6 cm³/mol. The number of hydrogen-bond acceptors (Lipinski definition) is 3. The van der Waals surface area contributed by atoms with Crippen LogP contribution in [0.3, 0.4) is 0 Å². The number of aromatic nitrogens is 2. The van der Waals surface area contributed by atoms with Crippen molar-refractivity contribution in [3.63, 3.8) is 0 Å². The molecule has 0 saturated heterocycles. The Morgan fingerprint density at radius 1 is 1.43 bits per heavy atom. The van der Waals surface area contributed by atoms with Gasteiger partial charge in [0.25, 0.3) is 0 Å². The molecule has 0 spiro atoms. The van der Waals surface area contributed by atoms with Crippen molar-refractivity contribution in [2.24, 2.45) is 0 Å². The fourth-order valence-corrected chi connectivity index (χ4v) is 1.30. The van der Waals surface area contributed by atoms with Gasteiger partial charge in [-0.3, -0.25) is 9.97 Å². The monoisotopic (exact) mass is 183 g/mol. The van der Waals surface area contributed by atoms with Crippen LogP contribution < -0.4 is 0 Å². The van der Waals surface area contributed by atoms with E-state index >= 15 is 0 Å². The van der Waals surface area contributed by atoms with Crippen LogP contribution in [-0.4, -0.2) is 9.97 Å². The Morgan fingerprint density at radius 3 is 3.07 bits per heavy atom. The van der Waals surface area contributed by atoms with Gasteiger partial charge < -0.3 is 0 Å². The summed E-state index contributed by atoms with van der Waals surface area (Å²) in [4.78, 5) is 8.22. The smallest absolute Gasteiger partial charge is 0.0885 e. The SMILES string of the molecule is CC(C#N)c1cnc2cnccc2c1. The molecule has 0 bridgehead atoms. The molecule has 0 aliphatic rings. The molecule has 0 saturated carbocycles. The molecule has 0 fully saturated rings. The summed E-state index contributed by atoms with van der Waals surface area (Å²) in [6.45, 7) is 1.87. The van der Waals surface area contributed by atoms with Gasteiger partial charge in [0, 0.05) is 17.8 Å². The summed E-state index contributed by atoms with van der Waals surface area (Å²) in [5.41, 5.74) is 1.81. The molecule has 0 aliphatic carbocycles. The van der Waals surface area contributed by atoms with Crippen molar-refractivity contribution < 1.29 is 0 Å². The van der Waals surface area contributed by atoms with Gasteiger partial charge in [0.15, 0.2) is 0 Å². The third kappa shape index (κ3) is 1.42. The zero-order valence-corrected chi connectivity index (χ0v) is 7.81. The lowest BCUT2D eigenvalue weighted by atomic mass is 10.0. The summed E-state index contributed by atoms with van der Waals surface area (Å²) < 4.78 is 0. The first kappa shape index (κ1) is 8.64. The standard InChI is InChI=1S/C11H9N3/c1-8(5-12)10-4-9-2-3-13-7-11(9)14-6-10/h2-4,6-8H,1H3. The number of rotatable bonds is 1. The minimum Gasteiger partial charge on any atom is -0.262 e. The molecule has 0 aromatic carbocycles. The summed E-state index contributed by atoms with van der Waals surface area (Å²) in [6, 6.07) is 6.07. The molecule has 0 radical (unpaired) electrons. The second-order valence-corrected chi connectivity index (χ2v) is 3.19. The Morgan fingerprint density at radius 2 is 2.29 bits per heavy atom. The van der Waals surface area contributed by atoms with Crippen molar-refractivity contribution in [3.05, 3.63) is 36.3 Å². The first-order valence-corrected chi connectivity index (χ1v) is 4.40. The molecular formula is C11H9N3. The number of hydrogen-bond donors (Lipinski definition) is 0. The van der Waals surface area contributed by atoms with Crippen LogP contribution in [0.1, 0.15) is 18.4 Å². The number of fused-ring (bicyclic) bond motifs is 1. The van der Waals surface area contributed by atoms with Crippen molar-refractivity contribution >= 4 is 10.9 Å². The summed E-state index contributed by atoms with van der Waals surface area (Å²) in [5.74, 6) is -0.111. The van der Waals surface area contributed by atoms with E-state index in [1.54, 1.807) is 18.6 Å². The van der Waals surface area contributed by atoms with Gasteiger partial charge in [0.2, 0.25) is 0 Å². The maximum Gasteiger partial charge on any atom is 0.0885 e. The van der Waals surface area contributed by atoms with Crippen molar-refractivity contribution in [1.82, 2.24) is 9.97 Å². The number of nitrogens with zero attached hydrogens (tertiary/aromatic N) is 3. The Labute approximate surface area is 82.0 Å². The normalized spacial score (nSPS) is 12.3. The fraction of sp³-hybridized carbons (Fsp3) is 0.182. The van der Waals surface area contributed by atoms with Crippen LogP contribution in [0.4, 0.5) is 0 Å². The number of nitriles is 1. The summed E-state index contributed by atoms with van der Waals surface area (Å²) >= 11 is 0. The van der Waals surface area contributed by atoms with Crippen LogP contribution in [0.2, 0.25) is 0 Å². The van der Waals surface area contributed by atoms with Crippen LogP contribution in [0, 0.1) is 11.3 Å². The molecule has 0 N–H and O–H groups in total. The van der Waals surface area contributed by atoms with E-state index in [1.807, 2.05) is 19.1 Å². The molecule has 1 atom stereocenters. The predicted octanol–water partition coefficient (Wildman–Crippen LogP) is 2.26. The van der Waals surface area contributed by atoms with E-state index in [2.05, 4.69) is 16.0 Å². The maximum absolute atomic E-state index is 8.77. The average molecular weight is 183 g/mol. The van der Waals surface area contributed by atoms with Crippen LogP contribution in [-0.2, 0) is 0 Å². The third-order valence-electron chi connectivity index (χ3n) is 2.20. The second kappa shape index (κ2) is 3.43. The van der Waals surface area contributed by atoms with E-state index in [-0.39, 0.29) is 5.92 Å².